The zero-order chi connectivity index (χ0) is 38.3. The molecule has 0 N–H and O–H groups in total. The van der Waals surface area contributed by atoms with Crippen LogP contribution in [0.1, 0.15) is 247 Å². The minimum Gasteiger partial charge on any atom is -0.462 e. The van der Waals surface area contributed by atoms with E-state index in [2.05, 4.69) is 34.6 Å². The molecular formula is C46H88O6. The zero-order valence-corrected chi connectivity index (χ0v) is 35.4. The molecule has 0 spiro atoms. The summed E-state index contributed by atoms with van der Waals surface area (Å²) in [6.45, 7) is 11.3. The number of hydrogen-bond acceptors (Lipinski definition) is 6. The fourth-order valence-corrected chi connectivity index (χ4v) is 6.75. The maximum atomic E-state index is 12.7. The largest absolute Gasteiger partial charge is 0.462 e. The Kier molecular flexibility index (Phi) is 37.9. The second-order valence-electron chi connectivity index (χ2n) is 16.6. The molecule has 6 heteroatoms. The van der Waals surface area contributed by atoms with Crippen LogP contribution in [0.5, 0.6) is 0 Å². The van der Waals surface area contributed by atoms with E-state index in [1.54, 1.807) is 0 Å². The van der Waals surface area contributed by atoms with Crippen LogP contribution in [-0.4, -0.2) is 37.2 Å². The van der Waals surface area contributed by atoms with Gasteiger partial charge in [-0.1, -0.05) is 208 Å². The third-order valence-electron chi connectivity index (χ3n) is 10.2. The molecule has 0 heterocycles. The van der Waals surface area contributed by atoms with E-state index in [-0.39, 0.29) is 31.1 Å². The lowest BCUT2D eigenvalue weighted by Crippen LogP contribution is -2.30. The third kappa shape index (κ3) is 39.6. The van der Waals surface area contributed by atoms with Crippen LogP contribution in [-0.2, 0) is 28.6 Å². The molecule has 0 aromatic carbocycles. The number of carbonyl (C=O) groups excluding carboxylic acids is 3. The summed E-state index contributed by atoms with van der Waals surface area (Å²) in [5, 5.41) is 0. The van der Waals surface area contributed by atoms with E-state index in [0.29, 0.717) is 19.3 Å². The quantitative estimate of drug-likeness (QED) is 0.0354. The maximum absolute atomic E-state index is 12.7. The van der Waals surface area contributed by atoms with E-state index < -0.39 is 6.10 Å². The van der Waals surface area contributed by atoms with E-state index in [0.717, 1.165) is 69.6 Å². The van der Waals surface area contributed by atoms with Crippen LogP contribution < -0.4 is 0 Å². The normalized spacial score (nSPS) is 12.1. The van der Waals surface area contributed by atoms with Gasteiger partial charge < -0.3 is 14.2 Å². The van der Waals surface area contributed by atoms with E-state index in [9.17, 15) is 14.4 Å². The molecule has 0 rings (SSSR count). The Labute approximate surface area is 323 Å². The summed E-state index contributed by atoms with van der Waals surface area (Å²) in [5.74, 6) is 0.780. The lowest BCUT2D eigenvalue weighted by atomic mass is 10.0. The average molecular weight is 737 g/mol. The molecule has 52 heavy (non-hydrogen) atoms. The van der Waals surface area contributed by atoms with E-state index in [1.165, 1.54) is 135 Å². The van der Waals surface area contributed by atoms with Crippen LogP contribution >= 0.6 is 0 Å². The van der Waals surface area contributed by atoms with Crippen molar-refractivity contribution in [1.82, 2.24) is 0 Å². The van der Waals surface area contributed by atoms with Crippen molar-refractivity contribution in [2.45, 2.75) is 253 Å². The first-order chi connectivity index (χ1) is 25.2. The highest BCUT2D eigenvalue weighted by molar-refractivity contribution is 5.71. The van der Waals surface area contributed by atoms with Crippen molar-refractivity contribution in [2.75, 3.05) is 13.2 Å². The van der Waals surface area contributed by atoms with Crippen molar-refractivity contribution in [2.24, 2.45) is 11.8 Å². The first kappa shape index (κ1) is 50.4. The van der Waals surface area contributed by atoms with Crippen molar-refractivity contribution in [1.29, 1.82) is 0 Å². The lowest BCUT2D eigenvalue weighted by Gasteiger charge is -2.18. The molecule has 6 nitrogen and oxygen atoms in total. The SMILES string of the molecule is CCCCCCCCCC(=O)OC[C@@H](COC(=O)CCCCCCCCCCCCC(C)C)OC(=O)CCCCCCCCCCCCCC(C)C. The Balaban J connectivity index is 4.27. The van der Waals surface area contributed by atoms with Gasteiger partial charge in [-0.05, 0) is 31.1 Å². The van der Waals surface area contributed by atoms with Crippen LogP contribution in [0.25, 0.3) is 0 Å². The molecule has 0 bridgehead atoms. The Hall–Kier alpha value is -1.59. The summed E-state index contributed by atoms with van der Waals surface area (Å²) in [6.07, 6.45) is 36.7. The minimum absolute atomic E-state index is 0.0653. The lowest BCUT2D eigenvalue weighted by molar-refractivity contribution is -0.167. The molecule has 0 aliphatic rings. The van der Waals surface area contributed by atoms with Gasteiger partial charge in [-0.2, -0.15) is 0 Å². The van der Waals surface area contributed by atoms with Gasteiger partial charge in [-0.15, -0.1) is 0 Å². The summed E-state index contributed by atoms with van der Waals surface area (Å²) in [7, 11) is 0. The van der Waals surface area contributed by atoms with E-state index in [1.807, 2.05) is 0 Å². The van der Waals surface area contributed by atoms with E-state index in [4.69, 9.17) is 14.2 Å². The van der Waals surface area contributed by atoms with Crippen molar-refractivity contribution in [3.05, 3.63) is 0 Å². The first-order valence-corrected chi connectivity index (χ1v) is 22.7. The maximum Gasteiger partial charge on any atom is 0.306 e. The summed E-state index contributed by atoms with van der Waals surface area (Å²) in [5.41, 5.74) is 0. The minimum atomic E-state index is -0.759. The summed E-state index contributed by atoms with van der Waals surface area (Å²) in [6, 6.07) is 0. The number of ether oxygens (including phenoxy) is 3. The standard InChI is InChI=1S/C46H88O6/c1-6-7-8-9-19-26-31-36-44(47)50-39-43(40-51-45(48)37-32-27-22-17-14-13-16-21-25-30-35-42(4)5)52-46(49)38-33-28-23-18-12-10-11-15-20-24-29-34-41(2)3/h41-43H,6-40H2,1-5H3/t43-/m0/s1. The van der Waals surface area contributed by atoms with Crippen LogP contribution in [0.3, 0.4) is 0 Å². The van der Waals surface area contributed by atoms with Crippen molar-refractivity contribution in [3.63, 3.8) is 0 Å². The van der Waals surface area contributed by atoms with Gasteiger partial charge in [-0.3, -0.25) is 14.4 Å². The van der Waals surface area contributed by atoms with Gasteiger partial charge in [0.1, 0.15) is 13.2 Å². The zero-order valence-electron chi connectivity index (χ0n) is 35.4. The Bertz CT molecular complexity index is 794. The smallest absolute Gasteiger partial charge is 0.306 e. The monoisotopic (exact) mass is 737 g/mol. The molecule has 0 aliphatic heterocycles. The molecule has 1 atom stereocenters. The Morgan fingerprint density at radius 3 is 0.942 bits per heavy atom. The number of rotatable bonds is 40. The number of unbranched alkanes of at least 4 members (excludes halogenated alkanes) is 25. The molecule has 0 saturated carbocycles. The highest BCUT2D eigenvalue weighted by Crippen LogP contribution is 2.16. The van der Waals surface area contributed by atoms with Crippen molar-refractivity contribution >= 4 is 17.9 Å². The van der Waals surface area contributed by atoms with Crippen LogP contribution in [0.4, 0.5) is 0 Å². The molecule has 0 aromatic heterocycles. The number of carbonyl (C=O) groups is 3. The van der Waals surface area contributed by atoms with Gasteiger partial charge in [0.25, 0.3) is 0 Å². The second-order valence-corrected chi connectivity index (χ2v) is 16.6. The van der Waals surface area contributed by atoms with Gasteiger partial charge in [0.15, 0.2) is 6.10 Å². The van der Waals surface area contributed by atoms with Gasteiger partial charge >= 0.3 is 17.9 Å². The highest BCUT2D eigenvalue weighted by atomic mass is 16.6. The van der Waals surface area contributed by atoms with E-state index >= 15 is 0 Å². The summed E-state index contributed by atoms with van der Waals surface area (Å²) < 4.78 is 16.7. The van der Waals surface area contributed by atoms with Gasteiger partial charge in [0.05, 0.1) is 0 Å². The predicted molar refractivity (Wildman–Crippen MR) is 220 cm³/mol. The molecule has 0 unspecified atom stereocenters. The summed E-state index contributed by atoms with van der Waals surface area (Å²) in [4.78, 5) is 37.6. The van der Waals surface area contributed by atoms with Gasteiger partial charge in [0, 0.05) is 19.3 Å². The molecule has 0 fully saturated rings. The predicted octanol–water partition coefficient (Wildman–Crippen LogP) is 14.2. The summed E-state index contributed by atoms with van der Waals surface area (Å²) >= 11 is 0. The van der Waals surface area contributed by atoms with Crippen LogP contribution in [0, 0.1) is 11.8 Å². The Morgan fingerprint density at radius 2 is 0.635 bits per heavy atom. The third-order valence-corrected chi connectivity index (χ3v) is 10.2. The fraction of sp³-hybridized carbons (Fsp3) is 0.935. The number of hydrogen-bond donors (Lipinski definition) is 0. The van der Waals surface area contributed by atoms with Crippen molar-refractivity contribution in [3.8, 4) is 0 Å². The number of esters is 3. The highest BCUT2D eigenvalue weighted by Gasteiger charge is 2.19. The van der Waals surface area contributed by atoms with Crippen molar-refractivity contribution < 1.29 is 28.6 Å². The van der Waals surface area contributed by atoms with Gasteiger partial charge in [-0.25, -0.2) is 0 Å². The topological polar surface area (TPSA) is 78.9 Å². The Morgan fingerprint density at radius 1 is 0.365 bits per heavy atom. The van der Waals surface area contributed by atoms with Gasteiger partial charge in [0.2, 0.25) is 0 Å². The molecule has 0 amide bonds. The molecule has 0 radical (unpaired) electrons. The molecule has 0 aliphatic carbocycles. The first-order valence-electron chi connectivity index (χ1n) is 22.7. The molecule has 0 saturated heterocycles. The molecule has 0 aromatic rings. The average Bonchev–Trinajstić information content (AvgIpc) is 3.11. The molecule has 308 valence electrons. The second kappa shape index (κ2) is 39.1. The fourth-order valence-electron chi connectivity index (χ4n) is 6.75. The molecular weight excluding hydrogens is 649 g/mol. The van der Waals surface area contributed by atoms with Crippen LogP contribution in [0.15, 0.2) is 0 Å². The van der Waals surface area contributed by atoms with Crippen LogP contribution in [0.2, 0.25) is 0 Å².